The number of rotatable bonds is 7. The molecule has 2 aromatic carbocycles. The van der Waals surface area contributed by atoms with Gasteiger partial charge in [-0.1, -0.05) is 77.6 Å². The Morgan fingerprint density at radius 3 is 2.35 bits per heavy atom. The van der Waals surface area contributed by atoms with E-state index in [9.17, 15) is 5.11 Å². The van der Waals surface area contributed by atoms with Gasteiger partial charge >= 0.3 is 0 Å². The van der Waals surface area contributed by atoms with Gasteiger partial charge in [0.15, 0.2) is 4.34 Å². The predicted octanol–water partition coefficient (Wildman–Crippen LogP) is 7.04. The first-order valence-electron chi connectivity index (χ1n) is 12.2. The summed E-state index contributed by atoms with van der Waals surface area (Å²) in [5.74, 6) is 2.53. The van der Waals surface area contributed by atoms with Gasteiger partial charge in [0.2, 0.25) is 0 Å². The second-order valence-electron chi connectivity index (χ2n) is 11.2. The molecule has 4 nitrogen and oxygen atoms in total. The van der Waals surface area contributed by atoms with Crippen molar-refractivity contribution in [1.29, 1.82) is 0 Å². The van der Waals surface area contributed by atoms with Crippen LogP contribution in [0.25, 0.3) is 10.2 Å². The van der Waals surface area contributed by atoms with Gasteiger partial charge in [0.05, 0.1) is 22.5 Å². The number of hydrogen-bond donors (Lipinski definition) is 1. The predicted molar refractivity (Wildman–Crippen MR) is 148 cm³/mol. The first-order valence-corrected chi connectivity index (χ1v) is 14.0. The van der Waals surface area contributed by atoms with Crippen molar-refractivity contribution in [3.63, 3.8) is 0 Å². The van der Waals surface area contributed by atoms with Gasteiger partial charge in [-0.15, -0.1) is 11.3 Å². The van der Waals surface area contributed by atoms with Crippen LogP contribution in [0.4, 0.5) is 0 Å². The number of aliphatic imine (C=N–C) groups is 1. The van der Waals surface area contributed by atoms with Gasteiger partial charge < -0.3 is 10.0 Å². The van der Waals surface area contributed by atoms with Crippen molar-refractivity contribution in [2.75, 3.05) is 25.4 Å². The molecule has 0 unspecified atom stereocenters. The molecule has 0 aliphatic carbocycles. The van der Waals surface area contributed by atoms with E-state index in [0.717, 1.165) is 59.2 Å². The lowest BCUT2D eigenvalue weighted by Gasteiger charge is -2.28. The summed E-state index contributed by atoms with van der Waals surface area (Å²) in [6.45, 7) is 16.0. The molecule has 182 valence electrons. The molecular weight excluding hydrogens is 458 g/mol. The Labute approximate surface area is 212 Å². The number of phenols is 1. The summed E-state index contributed by atoms with van der Waals surface area (Å²) < 4.78 is 2.36. The standard InChI is InChI=1S/C28H37N3OS2/c1-27(2,3)20-16-19(17-21(25(20)32)28(4,5)6)10-9-14-31-15-13-29-24(31)18-33-26-30-22-11-7-8-12-23(22)34-26/h7-8,11-12,16-17,32H,9-10,13-15,18H2,1-6H3. The summed E-state index contributed by atoms with van der Waals surface area (Å²) in [5.41, 5.74) is 4.31. The number of fused-ring (bicyclic) bond motifs is 1. The van der Waals surface area contributed by atoms with Crippen LogP contribution in [-0.2, 0) is 17.3 Å². The third kappa shape index (κ3) is 5.77. The SMILES string of the molecule is CC(C)(C)c1cc(CCCN2CCN=C2CSc2nc3ccccc3s2)cc(C(C)(C)C)c1O. The van der Waals surface area contributed by atoms with Gasteiger partial charge in [0.1, 0.15) is 11.6 Å². The van der Waals surface area contributed by atoms with Gasteiger partial charge in [-0.2, -0.15) is 0 Å². The fourth-order valence-corrected chi connectivity index (χ4v) is 6.47. The minimum Gasteiger partial charge on any atom is -0.507 e. The number of thioether (sulfide) groups is 1. The number of amidine groups is 1. The van der Waals surface area contributed by atoms with Crippen molar-refractivity contribution in [2.45, 2.75) is 69.6 Å². The molecule has 0 saturated carbocycles. The summed E-state index contributed by atoms with van der Waals surface area (Å²) in [6, 6.07) is 12.8. The van der Waals surface area contributed by atoms with Gasteiger partial charge in [-0.3, -0.25) is 4.99 Å². The van der Waals surface area contributed by atoms with Crippen molar-refractivity contribution in [2.24, 2.45) is 4.99 Å². The van der Waals surface area contributed by atoms with Crippen molar-refractivity contribution < 1.29 is 5.11 Å². The zero-order valence-electron chi connectivity index (χ0n) is 21.3. The molecular formula is C28H37N3OS2. The van der Waals surface area contributed by atoms with E-state index in [1.54, 1.807) is 23.1 Å². The maximum absolute atomic E-state index is 11.0. The number of aromatic hydroxyl groups is 1. The smallest absolute Gasteiger partial charge is 0.151 e. The molecule has 34 heavy (non-hydrogen) atoms. The van der Waals surface area contributed by atoms with Crippen LogP contribution in [0.5, 0.6) is 5.75 Å². The Balaban J connectivity index is 1.38. The maximum Gasteiger partial charge on any atom is 0.151 e. The van der Waals surface area contributed by atoms with E-state index in [0.29, 0.717) is 5.75 Å². The fourth-order valence-electron chi connectivity index (χ4n) is 4.40. The molecule has 0 atom stereocenters. The molecule has 0 bridgehead atoms. The van der Waals surface area contributed by atoms with Gasteiger partial charge in [-0.25, -0.2) is 4.98 Å². The summed E-state index contributed by atoms with van der Waals surface area (Å²) in [5, 5.41) is 11.0. The van der Waals surface area contributed by atoms with E-state index >= 15 is 0 Å². The molecule has 2 heterocycles. The Kier molecular flexibility index (Phi) is 7.30. The van der Waals surface area contributed by atoms with Crippen LogP contribution in [0.15, 0.2) is 45.7 Å². The lowest BCUT2D eigenvalue weighted by molar-refractivity contribution is 0.421. The number of aromatic nitrogens is 1. The molecule has 1 N–H and O–H groups in total. The third-order valence-electron chi connectivity index (χ3n) is 6.31. The number of hydrogen-bond acceptors (Lipinski definition) is 6. The average Bonchev–Trinajstić information content (AvgIpc) is 3.37. The monoisotopic (exact) mass is 495 g/mol. The Bertz CT molecular complexity index is 1120. The maximum atomic E-state index is 11.0. The largest absolute Gasteiger partial charge is 0.507 e. The minimum absolute atomic E-state index is 0.0905. The van der Waals surface area contributed by atoms with E-state index < -0.39 is 0 Å². The molecule has 1 aliphatic rings. The number of thiazole rings is 1. The first kappa shape index (κ1) is 25.1. The summed E-state index contributed by atoms with van der Waals surface area (Å²) >= 11 is 3.56. The summed E-state index contributed by atoms with van der Waals surface area (Å²) in [6.07, 6.45) is 2.07. The molecule has 0 fully saturated rings. The molecule has 6 heteroatoms. The van der Waals surface area contributed by atoms with E-state index in [2.05, 4.69) is 76.8 Å². The zero-order chi connectivity index (χ0) is 24.5. The zero-order valence-corrected chi connectivity index (χ0v) is 22.9. The van der Waals surface area contributed by atoms with Crippen LogP contribution in [0.3, 0.4) is 0 Å². The number of aryl methyl sites for hydroxylation is 1. The molecule has 4 rings (SSSR count). The Hall–Kier alpha value is -2.05. The number of phenolic OH excluding ortho intramolecular Hbond substituents is 1. The van der Waals surface area contributed by atoms with E-state index in [1.165, 1.54) is 16.1 Å². The third-order valence-corrected chi connectivity index (χ3v) is 8.48. The van der Waals surface area contributed by atoms with Crippen LogP contribution in [0.2, 0.25) is 0 Å². The quantitative estimate of drug-likeness (QED) is 0.357. The highest BCUT2D eigenvalue weighted by Crippen LogP contribution is 2.40. The van der Waals surface area contributed by atoms with Crippen LogP contribution >= 0.6 is 23.1 Å². The van der Waals surface area contributed by atoms with Gasteiger partial charge in [-0.05, 0) is 52.5 Å². The summed E-state index contributed by atoms with van der Waals surface area (Å²) in [4.78, 5) is 12.0. The van der Waals surface area contributed by atoms with Crippen LogP contribution in [0, 0.1) is 0 Å². The highest BCUT2D eigenvalue weighted by atomic mass is 32.2. The highest BCUT2D eigenvalue weighted by molar-refractivity contribution is 8.01. The van der Waals surface area contributed by atoms with Gasteiger partial charge in [0, 0.05) is 13.1 Å². The van der Waals surface area contributed by atoms with Crippen LogP contribution < -0.4 is 0 Å². The second-order valence-corrected chi connectivity index (χ2v) is 13.4. The lowest BCUT2D eigenvalue weighted by Crippen LogP contribution is -2.30. The van der Waals surface area contributed by atoms with Crippen molar-refractivity contribution >= 4 is 39.2 Å². The van der Waals surface area contributed by atoms with E-state index in [4.69, 9.17) is 9.98 Å². The topological polar surface area (TPSA) is 48.7 Å². The Morgan fingerprint density at radius 2 is 1.71 bits per heavy atom. The van der Waals surface area contributed by atoms with E-state index in [-0.39, 0.29) is 10.8 Å². The molecule has 1 aliphatic heterocycles. The number of benzene rings is 2. The van der Waals surface area contributed by atoms with E-state index in [1.807, 2.05) is 6.07 Å². The molecule has 0 amide bonds. The average molecular weight is 496 g/mol. The lowest BCUT2D eigenvalue weighted by atomic mass is 9.78. The Morgan fingerprint density at radius 1 is 1.03 bits per heavy atom. The van der Waals surface area contributed by atoms with Crippen LogP contribution in [0.1, 0.15) is 64.7 Å². The molecule has 0 saturated heterocycles. The fraction of sp³-hybridized carbons (Fsp3) is 0.500. The first-order chi connectivity index (χ1) is 16.0. The number of nitrogens with zero attached hydrogens (tertiary/aromatic N) is 3. The normalized spacial score (nSPS) is 14.8. The summed E-state index contributed by atoms with van der Waals surface area (Å²) in [7, 11) is 0. The van der Waals surface area contributed by atoms with Gasteiger partial charge in [0.25, 0.3) is 0 Å². The second kappa shape index (κ2) is 9.90. The van der Waals surface area contributed by atoms with Crippen molar-refractivity contribution in [3.05, 3.63) is 53.1 Å². The van der Waals surface area contributed by atoms with Crippen molar-refractivity contribution in [1.82, 2.24) is 9.88 Å². The molecule has 1 aromatic heterocycles. The number of para-hydroxylation sites is 1. The van der Waals surface area contributed by atoms with Crippen molar-refractivity contribution in [3.8, 4) is 5.75 Å². The highest BCUT2D eigenvalue weighted by Gasteiger charge is 2.26. The minimum atomic E-state index is -0.0905. The molecule has 3 aromatic rings. The molecule has 0 radical (unpaired) electrons. The van der Waals surface area contributed by atoms with Crippen LogP contribution in [-0.4, -0.2) is 46.2 Å². The molecule has 0 spiro atoms.